The van der Waals surface area contributed by atoms with Gasteiger partial charge in [0.1, 0.15) is 5.75 Å². The minimum atomic E-state index is -1.41. The summed E-state index contributed by atoms with van der Waals surface area (Å²) in [4.78, 5) is 22.9. The Morgan fingerprint density at radius 3 is 2.57 bits per heavy atom. The Balaban J connectivity index is 1.94. The zero-order valence-corrected chi connectivity index (χ0v) is 13.4. The van der Waals surface area contributed by atoms with Crippen LogP contribution in [0.15, 0.2) is 48.5 Å². The molecule has 120 valence electrons. The highest BCUT2D eigenvalue weighted by atomic mass is 32.2. The Kier molecular flexibility index (Phi) is 5.65. The van der Waals surface area contributed by atoms with Crippen molar-refractivity contribution in [3.63, 3.8) is 0 Å². The lowest BCUT2D eigenvalue weighted by Gasteiger charge is -2.08. The number of carboxylic acid groups (broad SMARTS) is 1. The van der Waals surface area contributed by atoms with Gasteiger partial charge in [0.25, 0.3) is 0 Å². The lowest BCUT2D eigenvalue weighted by atomic mass is 10.1. The van der Waals surface area contributed by atoms with Crippen molar-refractivity contribution in [1.82, 2.24) is 0 Å². The minimum absolute atomic E-state index is 0.133. The molecule has 0 spiro atoms. The number of carboxylic acids is 1. The molecule has 0 aromatic heterocycles. The van der Waals surface area contributed by atoms with Crippen molar-refractivity contribution in [2.24, 2.45) is 0 Å². The number of hydrogen-bond acceptors (Lipinski definition) is 3. The van der Waals surface area contributed by atoms with Gasteiger partial charge in [0, 0.05) is 22.2 Å². The molecule has 0 radical (unpaired) electrons. The molecule has 0 aliphatic carbocycles. The van der Waals surface area contributed by atoms with Gasteiger partial charge in [-0.3, -0.25) is 9.00 Å². The molecule has 6 heteroatoms. The fourth-order valence-electron chi connectivity index (χ4n) is 2.08. The van der Waals surface area contributed by atoms with Crippen molar-refractivity contribution in [3.8, 4) is 0 Å². The quantitative estimate of drug-likeness (QED) is 0.852. The van der Waals surface area contributed by atoms with Crippen molar-refractivity contribution >= 4 is 28.4 Å². The van der Waals surface area contributed by atoms with E-state index in [0.717, 1.165) is 5.56 Å². The molecule has 0 saturated heterocycles. The molecule has 0 aliphatic rings. The average molecular weight is 331 g/mol. The highest BCUT2D eigenvalue weighted by Crippen LogP contribution is 2.13. The maximum absolute atomic E-state index is 12.1. The van der Waals surface area contributed by atoms with Gasteiger partial charge in [-0.05, 0) is 36.2 Å². The van der Waals surface area contributed by atoms with Gasteiger partial charge in [0.15, 0.2) is 0 Å². The molecule has 5 nitrogen and oxygen atoms in total. The van der Waals surface area contributed by atoms with Crippen molar-refractivity contribution in [3.05, 3.63) is 65.2 Å². The summed E-state index contributed by atoms with van der Waals surface area (Å²) in [6.45, 7) is 1.88. The van der Waals surface area contributed by atoms with Gasteiger partial charge in [-0.15, -0.1) is 0 Å². The number of aromatic carboxylic acids is 1. The first-order chi connectivity index (χ1) is 11.0. The second-order valence-corrected chi connectivity index (χ2v) is 6.55. The van der Waals surface area contributed by atoms with Gasteiger partial charge in [0.05, 0.1) is 5.56 Å². The SMILES string of the molecule is Cc1ccccc1NC(=O)CS(=O)Cc1cccc(C(=O)O)c1. The molecule has 1 unspecified atom stereocenters. The van der Waals surface area contributed by atoms with Crippen LogP contribution in [0.3, 0.4) is 0 Å². The van der Waals surface area contributed by atoms with E-state index in [-0.39, 0.29) is 23.0 Å². The number of anilines is 1. The monoisotopic (exact) mass is 331 g/mol. The summed E-state index contributed by atoms with van der Waals surface area (Å²) in [7, 11) is -1.41. The van der Waals surface area contributed by atoms with Crippen LogP contribution in [0, 0.1) is 6.92 Å². The molecule has 0 aliphatic heterocycles. The lowest BCUT2D eigenvalue weighted by Crippen LogP contribution is -2.20. The molecular weight excluding hydrogens is 314 g/mol. The zero-order valence-electron chi connectivity index (χ0n) is 12.6. The maximum Gasteiger partial charge on any atom is 0.335 e. The summed E-state index contributed by atoms with van der Waals surface area (Å²) < 4.78 is 12.1. The lowest BCUT2D eigenvalue weighted by molar-refractivity contribution is -0.113. The van der Waals surface area contributed by atoms with Gasteiger partial charge in [-0.25, -0.2) is 4.79 Å². The molecule has 0 bridgehead atoms. The van der Waals surface area contributed by atoms with Gasteiger partial charge >= 0.3 is 5.97 Å². The van der Waals surface area contributed by atoms with E-state index in [2.05, 4.69) is 5.32 Å². The molecule has 2 aromatic carbocycles. The normalized spacial score (nSPS) is 11.7. The van der Waals surface area contributed by atoms with E-state index < -0.39 is 16.8 Å². The number of carbonyl (C=O) groups excluding carboxylic acids is 1. The first kappa shape index (κ1) is 16.9. The smallest absolute Gasteiger partial charge is 0.335 e. The zero-order chi connectivity index (χ0) is 16.8. The predicted molar refractivity (Wildman–Crippen MR) is 89.9 cm³/mol. The molecule has 2 aromatic rings. The summed E-state index contributed by atoms with van der Waals surface area (Å²) in [6, 6.07) is 13.6. The first-order valence-electron chi connectivity index (χ1n) is 6.98. The molecular formula is C17H17NO4S. The number of benzene rings is 2. The number of rotatable bonds is 6. The van der Waals surface area contributed by atoms with Crippen LogP contribution in [0.2, 0.25) is 0 Å². The minimum Gasteiger partial charge on any atom is -0.478 e. The van der Waals surface area contributed by atoms with Gasteiger partial charge in [-0.1, -0.05) is 30.3 Å². The van der Waals surface area contributed by atoms with Crippen LogP contribution in [0.25, 0.3) is 0 Å². The van der Waals surface area contributed by atoms with Crippen molar-refractivity contribution in [2.75, 3.05) is 11.1 Å². The summed E-state index contributed by atoms with van der Waals surface area (Å²) in [5.74, 6) is -1.35. The third kappa shape index (κ3) is 5.03. The van der Waals surface area contributed by atoms with Gasteiger partial charge in [0.2, 0.25) is 5.91 Å². The molecule has 1 atom stereocenters. The summed E-state index contributed by atoms with van der Waals surface area (Å²) >= 11 is 0. The molecule has 2 rings (SSSR count). The Morgan fingerprint density at radius 1 is 1.13 bits per heavy atom. The van der Waals surface area contributed by atoms with E-state index >= 15 is 0 Å². The van der Waals surface area contributed by atoms with Crippen molar-refractivity contribution in [2.45, 2.75) is 12.7 Å². The largest absolute Gasteiger partial charge is 0.478 e. The van der Waals surface area contributed by atoms with E-state index in [1.807, 2.05) is 25.1 Å². The number of nitrogens with one attached hydrogen (secondary N) is 1. The number of para-hydroxylation sites is 1. The molecule has 0 saturated carbocycles. The fourth-order valence-corrected chi connectivity index (χ4v) is 3.09. The van der Waals surface area contributed by atoms with Crippen LogP contribution < -0.4 is 5.32 Å². The highest BCUT2D eigenvalue weighted by Gasteiger charge is 2.11. The molecule has 0 heterocycles. The summed E-state index contributed by atoms with van der Waals surface area (Å²) in [6.07, 6.45) is 0. The Bertz CT molecular complexity index is 758. The fraction of sp³-hybridized carbons (Fsp3) is 0.176. The third-order valence-corrected chi connectivity index (χ3v) is 4.45. The molecule has 2 N–H and O–H groups in total. The third-order valence-electron chi connectivity index (χ3n) is 3.21. The molecule has 1 amide bonds. The summed E-state index contributed by atoms with van der Waals surface area (Å²) in [5.41, 5.74) is 2.40. The van der Waals surface area contributed by atoms with Gasteiger partial charge < -0.3 is 10.4 Å². The van der Waals surface area contributed by atoms with Crippen LogP contribution in [-0.2, 0) is 21.3 Å². The van der Waals surface area contributed by atoms with E-state index in [1.54, 1.807) is 18.2 Å². The Hall–Kier alpha value is -2.47. The molecule has 0 fully saturated rings. The Morgan fingerprint density at radius 2 is 1.87 bits per heavy atom. The number of aryl methyl sites for hydroxylation is 1. The topological polar surface area (TPSA) is 83.5 Å². The number of hydrogen-bond donors (Lipinski definition) is 2. The maximum atomic E-state index is 12.1. The predicted octanol–water partition coefficient (Wildman–Crippen LogP) is 2.58. The highest BCUT2D eigenvalue weighted by molar-refractivity contribution is 7.84. The van der Waals surface area contributed by atoms with Crippen LogP contribution in [0.1, 0.15) is 21.5 Å². The van der Waals surface area contributed by atoms with Crippen LogP contribution in [0.5, 0.6) is 0 Å². The Labute approximate surface area is 136 Å². The van der Waals surface area contributed by atoms with E-state index in [1.165, 1.54) is 12.1 Å². The average Bonchev–Trinajstić information content (AvgIpc) is 2.49. The molecule has 23 heavy (non-hydrogen) atoms. The van der Waals surface area contributed by atoms with E-state index in [4.69, 9.17) is 5.11 Å². The van der Waals surface area contributed by atoms with Crippen LogP contribution in [0.4, 0.5) is 5.69 Å². The van der Waals surface area contributed by atoms with Crippen molar-refractivity contribution < 1.29 is 18.9 Å². The number of carbonyl (C=O) groups is 2. The second-order valence-electron chi connectivity index (χ2n) is 5.10. The standard InChI is InChI=1S/C17H17NO4S/c1-12-5-2-3-8-15(12)18-16(19)11-23(22)10-13-6-4-7-14(9-13)17(20)21/h2-9H,10-11H2,1H3,(H,18,19)(H,20,21). The second kappa shape index (κ2) is 7.69. The van der Waals surface area contributed by atoms with Crippen LogP contribution >= 0.6 is 0 Å². The first-order valence-corrected chi connectivity index (χ1v) is 8.47. The number of amides is 1. The van der Waals surface area contributed by atoms with Gasteiger partial charge in [-0.2, -0.15) is 0 Å². The summed E-state index contributed by atoms with van der Waals surface area (Å²) in [5, 5.41) is 11.7. The van der Waals surface area contributed by atoms with Crippen LogP contribution in [-0.4, -0.2) is 26.9 Å². The van der Waals surface area contributed by atoms with Crippen molar-refractivity contribution in [1.29, 1.82) is 0 Å². The van der Waals surface area contributed by atoms with E-state index in [0.29, 0.717) is 11.3 Å². The van der Waals surface area contributed by atoms with E-state index in [9.17, 15) is 13.8 Å².